The van der Waals surface area contributed by atoms with Gasteiger partial charge in [0.25, 0.3) is 0 Å². The first-order chi connectivity index (χ1) is 9.58. The Bertz CT molecular complexity index is 540. The zero-order valence-electron chi connectivity index (χ0n) is 10.9. The van der Waals surface area contributed by atoms with E-state index < -0.39 is 11.8 Å². The topological polar surface area (TPSA) is 100 Å². The minimum absolute atomic E-state index is 0.00233. The Labute approximate surface area is 115 Å². The van der Waals surface area contributed by atoms with Crippen molar-refractivity contribution in [3.05, 3.63) is 36.4 Å². The van der Waals surface area contributed by atoms with Crippen LogP contribution in [0.1, 0.15) is 5.56 Å². The predicted octanol–water partition coefficient (Wildman–Crippen LogP) is 0.153. The minimum atomic E-state index is -0.881. The van der Waals surface area contributed by atoms with Gasteiger partial charge in [0.2, 0.25) is 0 Å². The summed E-state index contributed by atoms with van der Waals surface area (Å²) in [6, 6.07) is 4.53. The second-order valence-corrected chi connectivity index (χ2v) is 3.63. The van der Waals surface area contributed by atoms with E-state index in [0.29, 0.717) is 5.56 Å². The van der Waals surface area contributed by atoms with E-state index in [9.17, 15) is 14.7 Å². The molecule has 0 aliphatic carbocycles. The van der Waals surface area contributed by atoms with Crippen LogP contribution in [0.3, 0.4) is 0 Å². The van der Waals surface area contributed by atoms with Crippen LogP contribution in [-0.4, -0.2) is 36.8 Å². The van der Waals surface area contributed by atoms with Crippen LogP contribution in [0.4, 0.5) is 0 Å². The number of hydrogen-bond acceptors (Lipinski definition) is 5. The van der Waals surface area contributed by atoms with Crippen molar-refractivity contribution in [1.82, 2.24) is 10.7 Å². The van der Waals surface area contributed by atoms with Gasteiger partial charge in [-0.3, -0.25) is 9.59 Å². The molecule has 0 aliphatic heterocycles. The van der Waals surface area contributed by atoms with E-state index >= 15 is 0 Å². The molecule has 0 fully saturated rings. The van der Waals surface area contributed by atoms with E-state index in [1.165, 1.54) is 31.5 Å². The van der Waals surface area contributed by atoms with Crippen molar-refractivity contribution in [3.63, 3.8) is 0 Å². The van der Waals surface area contributed by atoms with E-state index in [-0.39, 0.29) is 18.0 Å². The van der Waals surface area contributed by atoms with Crippen molar-refractivity contribution in [2.75, 3.05) is 13.7 Å². The molecule has 0 saturated carbocycles. The van der Waals surface area contributed by atoms with Crippen LogP contribution in [0.5, 0.6) is 11.5 Å². The molecular weight excluding hydrogens is 262 g/mol. The zero-order chi connectivity index (χ0) is 15.0. The first kappa shape index (κ1) is 15.2. The van der Waals surface area contributed by atoms with Gasteiger partial charge in [0.05, 0.1) is 13.3 Å². The Morgan fingerprint density at radius 1 is 1.45 bits per heavy atom. The highest BCUT2D eigenvalue weighted by Gasteiger charge is 2.10. The molecule has 106 valence electrons. The van der Waals surface area contributed by atoms with Gasteiger partial charge in [0, 0.05) is 6.54 Å². The van der Waals surface area contributed by atoms with Crippen molar-refractivity contribution < 1.29 is 19.4 Å². The summed E-state index contributed by atoms with van der Waals surface area (Å²) in [5, 5.41) is 15.3. The number of nitrogens with zero attached hydrogens (tertiary/aromatic N) is 1. The molecule has 1 aromatic rings. The highest BCUT2D eigenvalue weighted by atomic mass is 16.5. The van der Waals surface area contributed by atoms with E-state index in [4.69, 9.17) is 4.74 Å². The van der Waals surface area contributed by atoms with E-state index in [2.05, 4.69) is 22.4 Å². The smallest absolute Gasteiger partial charge is 0.329 e. The summed E-state index contributed by atoms with van der Waals surface area (Å²) >= 11 is 0. The van der Waals surface area contributed by atoms with Gasteiger partial charge >= 0.3 is 11.8 Å². The largest absolute Gasteiger partial charge is 0.504 e. The summed E-state index contributed by atoms with van der Waals surface area (Å²) < 4.78 is 4.92. The first-order valence-corrected chi connectivity index (χ1v) is 5.67. The Kier molecular flexibility index (Phi) is 5.76. The summed E-state index contributed by atoms with van der Waals surface area (Å²) in [6.45, 7) is 3.61. The van der Waals surface area contributed by atoms with Crippen LogP contribution in [-0.2, 0) is 9.59 Å². The Hall–Kier alpha value is -2.83. The third kappa shape index (κ3) is 4.45. The molecule has 0 aliphatic rings. The van der Waals surface area contributed by atoms with Gasteiger partial charge in [-0.25, -0.2) is 5.43 Å². The fourth-order valence-corrected chi connectivity index (χ4v) is 1.24. The van der Waals surface area contributed by atoms with E-state index in [1.807, 2.05) is 0 Å². The lowest BCUT2D eigenvalue weighted by Gasteiger charge is -2.03. The second-order valence-electron chi connectivity index (χ2n) is 3.63. The van der Waals surface area contributed by atoms with Gasteiger partial charge in [-0.2, -0.15) is 5.10 Å². The Morgan fingerprint density at radius 3 is 2.85 bits per heavy atom. The summed E-state index contributed by atoms with van der Waals surface area (Å²) in [5.41, 5.74) is 2.66. The van der Waals surface area contributed by atoms with Gasteiger partial charge < -0.3 is 15.2 Å². The van der Waals surface area contributed by atoms with Crippen LogP contribution in [0.2, 0.25) is 0 Å². The van der Waals surface area contributed by atoms with Gasteiger partial charge in [0.15, 0.2) is 11.5 Å². The number of hydrogen-bond donors (Lipinski definition) is 3. The van der Waals surface area contributed by atoms with Crippen molar-refractivity contribution >= 4 is 18.0 Å². The predicted molar refractivity (Wildman–Crippen MR) is 73.6 cm³/mol. The maximum absolute atomic E-state index is 11.3. The highest BCUT2D eigenvalue weighted by molar-refractivity contribution is 6.35. The summed E-state index contributed by atoms with van der Waals surface area (Å²) in [5.74, 6) is -1.40. The summed E-state index contributed by atoms with van der Waals surface area (Å²) in [4.78, 5) is 22.5. The number of benzene rings is 1. The number of nitrogens with one attached hydrogen (secondary N) is 2. The molecule has 0 radical (unpaired) electrons. The highest BCUT2D eigenvalue weighted by Crippen LogP contribution is 2.25. The average molecular weight is 277 g/mol. The first-order valence-electron chi connectivity index (χ1n) is 5.67. The van der Waals surface area contributed by atoms with E-state index in [0.717, 1.165) is 0 Å². The number of aromatic hydroxyl groups is 1. The normalized spacial score (nSPS) is 10.1. The Balaban J connectivity index is 2.58. The maximum Gasteiger partial charge on any atom is 0.329 e. The van der Waals surface area contributed by atoms with Crippen molar-refractivity contribution in [1.29, 1.82) is 0 Å². The number of ether oxygens (including phenoxy) is 1. The lowest BCUT2D eigenvalue weighted by atomic mass is 10.2. The molecule has 0 bridgehead atoms. The number of hydrazone groups is 1. The monoisotopic (exact) mass is 277 g/mol. The lowest BCUT2D eigenvalue weighted by molar-refractivity contribution is -0.139. The molecule has 0 unspecified atom stereocenters. The second kappa shape index (κ2) is 7.57. The van der Waals surface area contributed by atoms with Crippen LogP contribution in [0.15, 0.2) is 36.0 Å². The molecule has 0 aromatic heterocycles. The molecule has 1 aromatic carbocycles. The van der Waals surface area contributed by atoms with Gasteiger partial charge in [0.1, 0.15) is 0 Å². The molecule has 0 saturated heterocycles. The maximum atomic E-state index is 11.3. The van der Waals surface area contributed by atoms with Crippen LogP contribution in [0, 0.1) is 0 Å². The summed E-state index contributed by atoms with van der Waals surface area (Å²) in [7, 11) is 1.42. The molecule has 7 nitrogen and oxygen atoms in total. The minimum Gasteiger partial charge on any atom is -0.504 e. The van der Waals surface area contributed by atoms with Crippen molar-refractivity contribution in [3.8, 4) is 11.5 Å². The quantitative estimate of drug-likeness (QED) is 0.309. The molecule has 3 N–H and O–H groups in total. The van der Waals surface area contributed by atoms with Crippen molar-refractivity contribution in [2.24, 2.45) is 5.10 Å². The number of phenolic OH excluding ortho intramolecular Hbond substituents is 1. The molecule has 7 heteroatoms. The van der Waals surface area contributed by atoms with Crippen LogP contribution >= 0.6 is 0 Å². The molecule has 0 atom stereocenters. The number of amides is 2. The summed E-state index contributed by atoms with van der Waals surface area (Å²) in [6.07, 6.45) is 2.78. The van der Waals surface area contributed by atoms with Crippen molar-refractivity contribution in [2.45, 2.75) is 0 Å². The average Bonchev–Trinajstić information content (AvgIpc) is 2.46. The standard InChI is InChI=1S/C13H15N3O4/c1-3-6-14-12(18)13(19)16-15-8-9-4-5-10(17)11(7-9)20-2/h3-5,7-8,17H,1,6H2,2H3,(H,14,18)(H,16,19)/b15-8-. The third-order valence-corrected chi connectivity index (χ3v) is 2.20. The van der Waals surface area contributed by atoms with Gasteiger partial charge in [-0.15, -0.1) is 6.58 Å². The lowest BCUT2D eigenvalue weighted by Crippen LogP contribution is -2.37. The Morgan fingerprint density at radius 2 is 2.20 bits per heavy atom. The molecule has 2 amide bonds. The molecule has 1 rings (SSSR count). The number of methoxy groups -OCH3 is 1. The van der Waals surface area contributed by atoms with Gasteiger partial charge in [-0.1, -0.05) is 6.08 Å². The van der Waals surface area contributed by atoms with Crippen LogP contribution < -0.4 is 15.5 Å². The molecule has 20 heavy (non-hydrogen) atoms. The molecular formula is C13H15N3O4. The van der Waals surface area contributed by atoms with Crippen LogP contribution in [0.25, 0.3) is 0 Å². The number of carbonyl (C=O) groups is 2. The number of carbonyl (C=O) groups excluding carboxylic acids is 2. The molecule has 0 heterocycles. The number of rotatable bonds is 5. The molecule has 0 spiro atoms. The third-order valence-electron chi connectivity index (χ3n) is 2.20. The fraction of sp³-hybridized carbons (Fsp3) is 0.154. The number of phenols is 1. The van der Waals surface area contributed by atoms with Gasteiger partial charge in [-0.05, 0) is 23.8 Å². The fourth-order valence-electron chi connectivity index (χ4n) is 1.24. The SMILES string of the molecule is C=CCNC(=O)C(=O)N/N=C\c1ccc(O)c(OC)c1. The van der Waals surface area contributed by atoms with E-state index in [1.54, 1.807) is 6.07 Å². The zero-order valence-corrected chi connectivity index (χ0v) is 10.9.